The van der Waals surface area contributed by atoms with Crippen molar-refractivity contribution in [2.45, 2.75) is 53.1 Å². The first kappa shape index (κ1) is 19.4. The Kier molecular flexibility index (Phi) is 6.16. The molecule has 6 heteroatoms. The number of rotatable bonds is 7. The second-order valence-corrected chi connectivity index (χ2v) is 7.07. The first-order valence-electron chi connectivity index (χ1n) is 9.83. The molecule has 0 atom stereocenters. The van der Waals surface area contributed by atoms with E-state index in [0.29, 0.717) is 13.1 Å². The van der Waals surface area contributed by atoms with Crippen molar-refractivity contribution in [2.24, 2.45) is 0 Å². The zero-order valence-corrected chi connectivity index (χ0v) is 16.9. The number of ether oxygens (including phenoxy) is 1. The molecule has 0 amide bonds. The summed E-state index contributed by atoms with van der Waals surface area (Å²) in [6, 6.07) is 7.93. The molecule has 0 aliphatic carbocycles. The molecule has 27 heavy (non-hydrogen) atoms. The predicted octanol–water partition coefficient (Wildman–Crippen LogP) is 3.68. The van der Waals surface area contributed by atoms with E-state index < -0.39 is 0 Å². The van der Waals surface area contributed by atoms with Gasteiger partial charge >= 0.3 is 0 Å². The van der Waals surface area contributed by atoms with Gasteiger partial charge in [-0.05, 0) is 44.0 Å². The molecular formula is C21H30N4O2. The van der Waals surface area contributed by atoms with Crippen LogP contribution in [0.3, 0.4) is 0 Å². The number of nitrogens with zero attached hydrogens (tertiary/aromatic N) is 4. The lowest BCUT2D eigenvalue weighted by molar-refractivity contribution is 0.194. The van der Waals surface area contributed by atoms with Gasteiger partial charge in [0.25, 0.3) is 5.56 Å². The van der Waals surface area contributed by atoms with Crippen LogP contribution in [0.5, 0.6) is 5.75 Å². The summed E-state index contributed by atoms with van der Waals surface area (Å²) >= 11 is 0. The summed E-state index contributed by atoms with van der Waals surface area (Å²) in [5.41, 5.74) is 2.73. The topological polar surface area (TPSA) is 50.6 Å². The van der Waals surface area contributed by atoms with E-state index in [9.17, 15) is 4.79 Å². The number of anilines is 2. The number of benzene rings is 1. The van der Waals surface area contributed by atoms with Crippen LogP contribution < -0.4 is 15.2 Å². The zero-order chi connectivity index (χ0) is 19.4. The number of unbranched alkanes of at least 4 members (excludes halogenated alkanes) is 2. The van der Waals surface area contributed by atoms with Gasteiger partial charge in [0.2, 0.25) is 5.95 Å². The molecule has 2 heterocycles. The van der Waals surface area contributed by atoms with Gasteiger partial charge in [0.05, 0.1) is 20.4 Å². The molecule has 1 aromatic heterocycles. The van der Waals surface area contributed by atoms with Gasteiger partial charge in [-0.15, -0.1) is 0 Å². The van der Waals surface area contributed by atoms with Crippen LogP contribution in [0.4, 0.5) is 11.6 Å². The van der Waals surface area contributed by atoms with Crippen LogP contribution in [0.25, 0.3) is 0 Å². The fourth-order valence-corrected chi connectivity index (χ4v) is 3.62. The molecule has 0 saturated carbocycles. The van der Waals surface area contributed by atoms with Crippen molar-refractivity contribution in [3.8, 4) is 5.75 Å². The van der Waals surface area contributed by atoms with Gasteiger partial charge in [-0.25, -0.2) is 4.98 Å². The number of fused-ring (bicyclic) bond motifs is 1. The quantitative estimate of drug-likeness (QED) is 0.696. The van der Waals surface area contributed by atoms with Crippen LogP contribution in [0.1, 0.15) is 44.4 Å². The Bertz CT molecular complexity index is 829. The van der Waals surface area contributed by atoms with Crippen molar-refractivity contribution in [1.82, 2.24) is 14.5 Å². The lowest BCUT2D eigenvalue weighted by Crippen LogP contribution is -2.48. The molecule has 0 spiro atoms. The van der Waals surface area contributed by atoms with Gasteiger partial charge in [-0.1, -0.05) is 26.7 Å². The Hall–Kier alpha value is -2.34. The number of hydrogen-bond acceptors (Lipinski definition) is 5. The Morgan fingerprint density at radius 1 is 1.11 bits per heavy atom. The van der Waals surface area contributed by atoms with E-state index in [0.717, 1.165) is 48.3 Å². The summed E-state index contributed by atoms with van der Waals surface area (Å²) in [6.45, 7) is 8.46. The molecule has 146 valence electrons. The number of hydrogen-bond donors (Lipinski definition) is 0. The maximum Gasteiger partial charge on any atom is 0.259 e. The molecule has 0 saturated heterocycles. The van der Waals surface area contributed by atoms with Crippen LogP contribution in [0, 0.1) is 6.92 Å². The fraction of sp³-hybridized carbons (Fsp3) is 0.524. The van der Waals surface area contributed by atoms with Gasteiger partial charge in [-0.2, -0.15) is 0 Å². The van der Waals surface area contributed by atoms with Crippen LogP contribution in [-0.4, -0.2) is 34.8 Å². The van der Waals surface area contributed by atoms with E-state index in [1.54, 1.807) is 7.11 Å². The van der Waals surface area contributed by atoms with E-state index >= 15 is 0 Å². The summed E-state index contributed by atoms with van der Waals surface area (Å²) in [5.74, 6) is 1.55. The molecule has 6 nitrogen and oxygen atoms in total. The van der Waals surface area contributed by atoms with Crippen molar-refractivity contribution in [2.75, 3.05) is 25.2 Å². The SMILES string of the molecule is CCCCCN1CN(c2ccc(OC)cc2)c2nc(C)c(CC)c(=O)n2C1. The molecule has 2 aromatic rings. The zero-order valence-electron chi connectivity index (χ0n) is 16.9. The second kappa shape index (κ2) is 8.57. The average molecular weight is 370 g/mol. The maximum atomic E-state index is 13.1. The predicted molar refractivity (Wildman–Crippen MR) is 109 cm³/mol. The van der Waals surface area contributed by atoms with Gasteiger partial charge in [0, 0.05) is 23.5 Å². The molecule has 1 aliphatic rings. The second-order valence-electron chi connectivity index (χ2n) is 7.07. The molecule has 0 unspecified atom stereocenters. The summed E-state index contributed by atoms with van der Waals surface area (Å²) in [5, 5.41) is 0. The third kappa shape index (κ3) is 4.00. The monoisotopic (exact) mass is 370 g/mol. The fourth-order valence-electron chi connectivity index (χ4n) is 3.62. The highest BCUT2D eigenvalue weighted by Crippen LogP contribution is 2.29. The highest BCUT2D eigenvalue weighted by molar-refractivity contribution is 5.59. The molecule has 0 fully saturated rings. The summed E-state index contributed by atoms with van der Waals surface area (Å²) in [6.07, 6.45) is 4.23. The maximum absolute atomic E-state index is 13.1. The minimum Gasteiger partial charge on any atom is -0.497 e. The van der Waals surface area contributed by atoms with Crippen molar-refractivity contribution < 1.29 is 4.74 Å². The van der Waals surface area contributed by atoms with E-state index in [1.165, 1.54) is 12.8 Å². The third-order valence-electron chi connectivity index (χ3n) is 5.19. The van der Waals surface area contributed by atoms with E-state index in [-0.39, 0.29) is 5.56 Å². The van der Waals surface area contributed by atoms with Crippen molar-refractivity contribution in [3.63, 3.8) is 0 Å². The Morgan fingerprint density at radius 3 is 2.48 bits per heavy atom. The van der Waals surface area contributed by atoms with Crippen molar-refractivity contribution in [3.05, 3.63) is 45.9 Å². The Labute approximate surface area is 161 Å². The van der Waals surface area contributed by atoms with Crippen LogP contribution in [0.15, 0.2) is 29.1 Å². The minimum atomic E-state index is 0.0821. The lowest BCUT2D eigenvalue weighted by atomic mass is 10.2. The Balaban J connectivity index is 2.02. The summed E-state index contributed by atoms with van der Waals surface area (Å²) in [7, 11) is 1.66. The first-order valence-corrected chi connectivity index (χ1v) is 9.83. The third-order valence-corrected chi connectivity index (χ3v) is 5.19. The van der Waals surface area contributed by atoms with Crippen LogP contribution >= 0.6 is 0 Å². The van der Waals surface area contributed by atoms with Crippen LogP contribution in [0.2, 0.25) is 0 Å². The minimum absolute atomic E-state index is 0.0821. The van der Waals surface area contributed by atoms with Gasteiger partial charge in [0.15, 0.2) is 0 Å². The number of aromatic nitrogens is 2. The number of methoxy groups -OCH3 is 1. The van der Waals surface area contributed by atoms with E-state index in [2.05, 4.69) is 16.7 Å². The lowest BCUT2D eigenvalue weighted by Gasteiger charge is -2.38. The first-order chi connectivity index (χ1) is 13.1. The highest BCUT2D eigenvalue weighted by Gasteiger charge is 2.27. The average Bonchev–Trinajstić information content (AvgIpc) is 2.69. The Morgan fingerprint density at radius 2 is 1.85 bits per heavy atom. The van der Waals surface area contributed by atoms with E-state index in [4.69, 9.17) is 9.72 Å². The molecule has 0 bridgehead atoms. The smallest absolute Gasteiger partial charge is 0.259 e. The summed E-state index contributed by atoms with van der Waals surface area (Å²) < 4.78 is 7.11. The molecular weight excluding hydrogens is 340 g/mol. The van der Waals surface area contributed by atoms with Gasteiger partial charge < -0.3 is 4.74 Å². The summed E-state index contributed by atoms with van der Waals surface area (Å²) in [4.78, 5) is 22.3. The molecule has 3 rings (SSSR count). The van der Waals surface area contributed by atoms with Crippen molar-refractivity contribution >= 4 is 11.6 Å². The number of aryl methyl sites for hydroxylation is 1. The highest BCUT2D eigenvalue weighted by atomic mass is 16.5. The molecule has 0 radical (unpaired) electrons. The van der Waals surface area contributed by atoms with Crippen molar-refractivity contribution in [1.29, 1.82) is 0 Å². The van der Waals surface area contributed by atoms with Gasteiger partial charge in [0.1, 0.15) is 5.75 Å². The normalized spacial score (nSPS) is 14.3. The van der Waals surface area contributed by atoms with Gasteiger partial charge in [-0.3, -0.25) is 19.2 Å². The molecule has 0 N–H and O–H groups in total. The van der Waals surface area contributed by atoms with E-state index in [1.807, 2.05) is 42.7 Å². The standard InChI is InChI=1S/C21H30N4O2/c1-5-7-8-13-23-14-24(17-9-11-18(27-4)12-10-17)21-22-16(3)19(6-2)20(26)25(21)15-23/h9-12H,5-8,13-15H2,1-4H3. The molecule has 1 aliphatic heterocycles. The largest absolute Gasteiger partial charge is 0.497 e. The molecule has 1 aromatic carbocycles. The van der Waals surface area contributed by atoms with Crippen LogP contribution in [-0.2, 0) is 13.1 Å².